The van der Waals surface area contributed by atoms with E-state index in [4.69, 9.17) is 9.72 Å². The van der Waals surface area contributed by atoms with E-state index in [1.54, 1.807) is 35.8 Å². The van der Waals surface area contributed by atoms with Crippen molar-refractivity contribution in [2.75, 3.05) is 17.7 Å². The smallest absolute Gasteiger partial charge is 0.338 e. The van der Waals surface area contributed by atoms with Crippen LogP contribution >= 0.6 is 23.1 Å². The van der Waals surface area contributed by atoms with Crippen LogP contribution in [0.5, 0.6) is 0 Å². The molecule has 0 fully saturated rings. The van der Waals surface area contributed by atoms with Gasteiger partial charge in [-0.15, -0.1) is 11.3 Å². The normalized spacial score (nSPS) is 10.9. The van der Waals surface area contributed by atoms with Crippen molar-refractivity contribution in [3.8, 4) is 16.8 Å². The number of amides is 1. The maximum absolute atomic E-state index is 14.0. The van der Waals surface area contributed by atoms with Crippen molar-refractivity contribution in [3.05, 3.63) is 106 Å². The number of nitrogens with zero attached hydrogens (tertiary/aromatic N) is 2. The number of aromatic nitrogens is 2. The molecule has 0 saturated heterocycles. The van der Waals surface area contributed by atoms with Crippen molar-refractivity contribution in [1.82, 2.24) is 9.55 Å². The van der Waals surface area contributed by atoms with Gasteiger partial charge in [0.1, 0.15) is 4.83 Å². The number of rotatable bonds is 8. The number of carbonyl (C=O) groups excluding carboxylic acids is 2. The van der Waals surface area contributed by atoms with E-state index in [1.165, 1.54) is 23.1 Å². The number of ether oxygens (including phenoxy) is 1. The second-order valence-corrected chi connectivity index (χ2v) is 10.7. The highest BCUT2D eigenvalue weighted by atomic mass is 32.2. The zero-order valence-electron chi connectivity index (χ0n) is 21.3. The topological polar surface area (TPSA) is 90.3 Å². The molecule has 0 aliphatic heterocycles. The number of aryl methyl sites for hydroxylation is 1. The van der Waals surface area contributed by atoms with Gasteiger partial charge in [0.15, 0.2) is 5.16 Å². The Balaban J connectivity index is 1.45. The van der Waals surface area contributed by atoms with Crippen LogP contribution in [0.25, 0.3) is 27.0 Å². The summed E-state index contributed by atoms with van der Waals surface area (Å²) in [5.74, 6) is -0.629. The standard InChI is InChI=1S/C30H25N3O4S2/c1-3-37-29(36)21-14-16-22(17-15-21)31-24(34)18-38-30-32-27-26(28(35)33(30)23-12-8-5-9-13-23)25(19(2)39-27)20-10-6-4-7-11-20/h4-17H,3,18H2,1-2H3,(H,31,34). The van der Waals surface area contributed by atoms with Gasteiger partial charge in [-0.3, -0.25) is 14.2 Å². The maximum atomic E-state index is 14.0. The fraction of sp³-hybridized carbons (Fsp3) is 0.133. The lowest BCUT2D eigenvalue weighted by Gasteiger charge is -2.13. The Hall–Kier alpha value is -4.21. The van der Waals surface area contributed by atoms with Crippen LogP contribution < -0.4 is 10.9 Å². The van der Waals surface area contributed by atoms with Gasteiger partial charge in [-0.05, 0) is 55.8 Å². The third kappa shape index (κ3) is 5.64. The molecule has 0 aliphatic carbocycles. The number of hydrogen-bond donors (Lipinski definition) is 1. The first-order chi connectivity index (χ1) is 19.0. The van der Waals surface area contributed by atoms with E-state index >= 15 is 0 Å². The molecule has 1 N–H and O–H groups in total. The fourth-order valence-electron chi connectivity index (χ4n) is 4.23. The van der Waals surface area contributed by atoms with Crippen molar-refractivity contribution >= 4 is 50.9 Å². The molecule has 5 rings (SSSR count). The Kier molecular flexibility index (Phi) is 7.90. The molecule has 9 heteroatoms. The van der Waals surface area contributed by atoms with Gasteiger partial charge in [-0.25, -0.2) is 9.78 Å². The summed E-state index contributed by atoms with van der Waals surface area (Å²) >= 11 is 2.67. The Bertz CT molecular complexity index is 1700. The molecule has 0 unspecified atom stereocenters. The molecule has 0 aliphatic rings. The molecule has 7 nitrogen and oxygen atoms in total. The predicted octanol–water partition coefficient (Wildman–Crippen LogP) is 6.33. The second-order valence-electron chi connectivity index (χ2n) is 8.58. The van der Waals surface area contributed by atoms with E-state index in [0.29, 0.717) is 38.9 Å². The van der Waals surface area contributed by atoms with Gasteiger partial charge in [-0.2, -0.15) is 0 Å². The minimum absolute atomic E-state index is 0.0420. The van der Waals surface area contributed by atoms with Crippen LogP contribution in [0.3, 0.4) is 0 Å². The van der Waals surface area contributed by atoms with Crippen molar-refractivity contribution in [2.45, 2.75) is 19.0 Å². The Labute approximate surface area is 233 Å². The highest BCUT2D eigenvalue weighted by molar-refractivity contribution is 7.99. The molecule has 0 spiro atoms. The number of benzene rings is 3. The van der Waals surface area contributed by atoms with E-state index in [-0.39, 0.29) is 17.2 Å². The molecule has 2 aromatic heterocycles. The minimum atomic E-state index is -0.412. The van der Waals surface area contributed by atoms with Crippen LogP contribution in [0.2, 0.25) is 0 Å². The molecule has 3 aromatic carbocycles. The minimum Gasteiger partial charge on any atom is -0.462 e. The SMILES string of the molecule is CCOC(=O)c1ccc(NC(=O)CSc2nc3sc(C)c(-c4ccccc4)c3c(=O)n2-c2ccccc2)cc1. The zero-order valence-corrected chi connectivity index (χ0v) is 23.0. The van der Waals surface area contributed by atoms with Crippen LogP contribution in [-0.2, 0) is 9.53 Å². The third-order valence-corrected chi connectivity index (χ3v) is 7.90. The average Bonchev–Trinajstić information content (AvgIpc) is 3.29. The second kappa shape index (κ2) is 11.7. The van der Waals surface area contributed by atoms with E-state index in [2.05, 4.69) is 5.32 Å². The predicted molar refractivity (Wildman–Crippen MR) is 157 cm³/mol. The summed E-state index contributed by atoms with van der Waals surface area (Å²) < 4.78 is 6.57. The lowest BCUT2D eigenvalue weighted by molar-refractivity contribution is -0.113. The van der Waals surface area contributed by atoms with Gasteiger partial charge >= 0.3 is 5.97 Å². The van der Waals surface area contributed by atoms with Crippen molar-refractivity contribution < 1.29 is 14.3 Å². The summed E-state index contributed by atoms with van der Waals surface area (Å²) in [6, 6.07) is 25.7. The molecular formula is C30H25N3O4S2. The Morgan fingerprint density at radius 3 is 2.31 bits per heavy atom. The molecule has 196 valence electrons. The largest absolute Gasteiger partial charge is 0.462 e. The lowest BCUT2D eigenvalue weighted by Crippen LogP contribution is -2.22. The maximum Gasteiger partial charge on any atom is 0.338 e. The van der Waals surface area contributed by atoms with Crippen LogP contribution in [-0.4, -0.2) is 33.8 Å². The lowest BCUT2D eigenvalue weighted by atomic mass is 10.0. The quantitative estimate of drug-likeness (QED) is 0.137. The van der Waals surface area contributed by atoms with Gasteiger partial charge in [0, 0.05) is 16.1 Å². The van der Waals surface area contributed by atoms with Gasteiger partial charge in [0.2, 0.25) is 5.91 Å². The van der Waals surface area contributed by atoms with Crippen molar-refractivity contribution in [1.29, 1.82) is 0 Å². The monoisotopic (exact) mass is 555 g/mol. The fourth-order valence-corrected chi connectivity index (χ4v) is 6.13. The van der Waals surface area contributed by atoms with Gasteiger partial charge < -0.3 is 10.1 Å². The molecule has 2 heterocycles. The zero-order chi connectivity index (χ0) is 27.4. The molecule has 1 amide bonds. The third-order valence-electron chi connectivity index (χ3n) is 5.96. The number of nitrogens with one attached hydrogen (secondary N) is 1. The summed E-state index contributed by atoms with van der Waals surface area (Å²) in [6.07, 6.45) is 0. The van der Waals surface area contributed by atoms with E-state index in [0.717, 1.165) is 16.0 Å². The van der Waals surface area contributed by atoms with Crippen LogP contribution in [0, 0.1) is 6.92 Å². The summed E-state index contributed by atoms with van der Waals surface area (Å²) in [7, 11) is 0. The van der Waals surface area contributed by atoms with Gasteiger partial charge in [0.25, 0.3) is 5.56 Å². The van der Waals surface area contributed by atoms with E-state index in [9.17, 15) is 14.4 Å². The first-order valence-electron chi connectivity index (χ1n) is 12.3. The van der Waals surface area contributed by atoms with Gasteiger partial charge in [0.05, 0.1) is 29.0 Å². The highest BCUT2D eigenvalue weighted by Crippen LogP contribution is 2.37. The molecule has 0 atom stereocenters. The number of anilines is 1. The number of esters is 1. The summed E-state index contributed by atoms with van der Waals surface area (Å²) in [6.45, 7) is 4.03. The molecule has 39 heavy (non-hydrogen) atoms. The summed E-state index contributed by atoms with van der Waals surface area (Å²) in [5.41, 5.74) is 3.32. The first kappa shape index (κ1) is 26.4. The number of thioether (sulfide) groups is 1. The number of carbonyl (C=O) groups is 2. The Morgan fingerprint density at radius 2 is 1.64 bits per heavy atom. The van der Waals surface area contributed by atoms with E-state index in [1.807, 2.05) is 67.6 Å². The number of para-hydroxylation sites is 1. The van der Waals surface area contributed by atoms with Gasteiger partial charge in [-0.1, -0.05) is 60.3 Å². The van der Waals surface area contributed by atoms with E-state index < -0.39 is 5.97 Å². The number of fused-ring (bicyclic) bond motifs is 1. The first-order valence-corrected chi connectivity index (χ1v) is 14.1. The molecule has 0 bridgehead atoms. The summed E-state index contributed by atoms with van der Waals surface area (Å²) in [4.78, 5) is 45.2. The van der Waals surface area contributed by atoms with Crippen molar-refractivity contribution in [2.24, 2.45) is 0 Å². The average molecular weight is 556 g/mol. The van der Waals surface area contributed by atoms with Crippen LogP contribution in [0.1, 0.15) is 22.2 Å². The summed E-state index contributed by atoms with van der Waals surface area (Å²) in [5, 5.41) is 3.84. The number of thiophene rings is 1. The highest BCUT2D eigenvalue weighted by Gasteiger charge is 2.21. The molecule has 5 aromatic rings. The molecule has 0 radical (unpaired) electrons. The Morgan fingerprint density at radius 1 is 0.974 bits per heavy atom. The van der Waals surface area contributed by atoms with Crippen molar-refractivity contribution in [3.63, 3.8) is 0 Å². The van der Waals surface area contributed by atoms with Crippen LogP contribution in [0.15, 0.2) is 94.9 Å². The number of hydrogen-bond acceptors (Lipinski definition) is 7. The molecular weight excluding hydrogens is 530 g/mol. The molecule has 0 saturated carbocycles. The van der Waals surface area contributed by atoms with Crippen LogP contribution in [0.4, 0.5) is 5.69 Å².